The van der Waals surface area contributed by atoms with Crippen molar-refractivity contribution in [2.24, 2.45) is 0 Å². The summed E-state index contributed by atoms with van der Waals surface area (Å²) in [6.07, 6.45) is 3.11. The molecule has 0 aliphatic rings. The third-order valence-corrected chi connectivity index (χ3v) is 3.41. The molecule has 0 spiro atoms. The van der Waals surface area contributed by atoms with E-state index in [9.17, 15) is 4.79 Å². The second kappa shape index (κ2) is 7.58. The van der Waals surface area contributed by atoms with Crippen LogP contribution in [0.1, 0.15) is 38.0 Å². The van der Waals surface area contributed by atoms with E-state index in [2.05, 4.69) is 13.0 Å². The van der Waals surface area contributed by atoms with Gasteiger partial charge in [0.15, 0.2) is 5.78 Å². The highest BCUT2D eigenvalue weighted by Gasteiger charge is 2.17. The van der Waals surface area contributed by atoms with Gasteiger partial charge in [-0.25, -0.2) is 0 Å². The Hall–Kier alpha value is -0.670. The van der Waals surface area contributed by atoms with Crippen LogP contribution in [0.4, 0.5) is 0 Å². The Morgan fingerprint density at radius 3 is 2.88 bits per heavy atom. The zero-order valence-electron chi connectivity index (χ0n) is 10.1. The summed E-state index contributed by atoms with van der Waals surface area (Å²) in [5.41, 5.74) is 0. The quantitative estimate of drug-likeness (QED) is 0.695. The van der Waals surface area contributed by atoms with Gasteiger partial charge in [0.25, 0.3) is 0 Å². The summed E-state index contributed by atoms with van der Waals surface area (Å²) in [6, 6.07) is 4.10. The van der Waals surface area contributed by atoms with Crippen molar-refractivity contribution in [3.8, 4) is 0 Å². The van der Waals surface area contributed by atoms with Crippen LogP contribution in [0.2, 0.25) is 0 Å². The molecule has 0 aromatic carbocycles. The number of ketones is 1. The molecule has 0 radical (unpaired) electrons. The minimum absolute atomic E-state index is 0.185. The van der Waals surface area contributed by atoms with Crippen LogP contribution in [0.25, 0.3) is 0 Å². The first-order chi connectivity index (χ1) is 7.77. The summed E-state index contributed by atoms with van der Waals surface area (Å²) in [4.78, 5) is 13.2. The Morgan fingerprint density at radius 2 is 2.31 bits per heavy atom. The molecule has 1 heterocycles. The Labute approximate surface area is 102 Å². The second-order valence-corrected chi connectivity index (χ2v) is 4.81. The number of hydrogen-bond donors (Lipinski definition) is 0. The average Bonchev–Trinajstić information content (AvgIpc) is 2.78. The van der Waals surface area contributed by atoms with Gasteiger partial charge in [0, 0.05) is 17.9 Å². The van der Waals surface area contributed by atoms with E-state index in [1.807, 2.05) is 18.4 Å². The van der Waals surface area contributed by atoms with Crippen LogP contribution >= 0.6 is 11.3 Å². The summed E-state index contributed by atoms with van der Waals surface area (Å²) in [5.74, 6) is 0.247. The van der Waals surface area contributed by atoms with Crippen LogP contribution < -0.4 is 0 Å². The van der Waals surface area contributed by atoms with Crippen molar-refractivity contribution in [2.45, 2.75) is 45.6 Å². The van der Waals surface area contributed by atoms with Gasteiger partial charge in [-0.3, -0.25) is 4.79 Å². The van der Waals surface area contributed by atoms with E-state index in [0.29, 0.717) is 13.0 Å². The summed E-state index contributed by atoms with van der Waals surface area (Å²) in [5, 5.41) is 2.05. The lowest BCUT2D eigenvalue weighted by atomic mass is 10.1. The molecule has 0 aliphatic carbocycles. The van der Waals surface area contributed by atoms with E-state index in [1.54, 1.807) is 11.3 Å². The van der Waals surface area contributed by atoms with Gasteiger partial charge in [-0.05, 0) is 31.2 Å². The van der Waals surface area contributed by atoms with Crippen molar-refractivity contribution in [1.29, 1.82) is 0 Å². The molecule has 1 aromatic rings. The van der Waals surface area contributed by atoms with Crippen molar-refractivity contribution >= 4 is 17.1 Å². The van der Waals surface area contributed by atoms with Gasteiger partial charge in [-0.1, -0.05) is 19.4 Å². The number of thiophene rings is 1. The van der Waals surface area contributed by atoms with Gasteiger partial charge in [-0.15, -0.1) is 11.3 Å². The molecule has 2 nitrogen and oxygen atoms in total. The molecule has 0 fully saturated rings. The van der Waals surface area contributed by atoms with E-state index in [0.717, 1.165) is 19.3 Å². The summed E-state index contributed by atoms with van der Waals surface area (Å²) >= 11 is 1.71. The molecule has 0 amide bonds. The van der Waals surface area contributed by atoms with E-state index in [1.165, 1.54) is 4.88 Å². The second-order valence-electron chi connectivity index (χ2n) is 3.78. The molecule has 0 aliphatic heterocycles. The first-order valence-electron chi connectivity index (χ1n) is 5.94. The van der Waals surface area contributed by atoms with Crippen molar-refractivity contribution in [1.82, 2.24) is 0 Å². The van der Waals surface area contributed by atoms with Crippen LogP contribution in [-0.4, -0.2) is 18.5 Å². The highest BCUT2D eigenvalue weighted by molar-refractivity contribution is 7.09. The lowest BCUT2D eigenvalue weighted by Crippen LogP contribution is -2.24. The van der Waals surface area contributed by atoms with Gasteiger partial charge < -0.3 is 4.74 Å². The molecule has 1 rings (SSSR count). The third-order valence-electron chi connectivity index (χ3n) is 2.48. The molecule has 3 heteroatoms. The normalized spacial score (nSPS) is 12.6. The van der Waals surface area contributed by atoms with E-state index >= 15 is 0 Å². The number of Topliss-reactive ketones (excluding diaryl/α,β-unsaturated/α-hetero) is 1. The van der Waals surface area contributed by atoms with Crippen molar-refractivity contribution in [3.05, 3.63) is 22.4 Å². The van der Waals surface area contributed by atoms with E-state index in [-0.39, 0.29) is 11.9 Å². The lowest BCUT2D eigenvalue weighted by molar-refractivity contribution is -0.130. The van der Waals surface area contributed by atoms with Crippen molar-refractivity contribution in [3.63, 3.8) is 0 Å². The molecule has 1 aromatic heterocycles. The van der Waals surface area contributed by atoms with Gasteiger partial charge in [0.05, 0.1) is 0 Å². The fourth-order valence-electron chi connectivity index (χ4n) is 1.66. The predicted octanol–water partition coefficient (Wildman–Crippen LogP) is 3.46. The van der Waals surface area contributed by atoms with Crippen LogP contribution in [0.5, 0.6) is 0 Å². The molecule has 0 saturated carbocycles. The molecule has 1 unspecified atom stereocenters. The maximum atomic E-state index is 11.9. The van der Waals surface area contributed by atoms with Crippen LogP contribution in [0.15, 0.2) is 17.5 Å². The molecule has 0 N–H and O–H groups in total. The Balaban J connectivity index is 2.36. The average molecular weight is 240 g/mol. The van der Waals surface area contributed by atoms with Gasteiger partial charge in [0.1, 0.15) is 6.10 Å². The van der Waals surface area contributed by atoms with Crippen molar-refractivity contribution in [2.75, 3.05) is 6.61 Å². The zero-order chi connectivity index (χ0) is 11.8. The molecule has 16 heavy (non-hydrogen) atoms. The smallest absolute Gasteiger partial charge is 0.161 e. The SMILES string of the molecule is CCCC(OCC)C(=O)CCc1cccs1. The summed E-state index contributed by atoms with van der Waals surface area (Å²) in [7, 11) is 0. The maximum Gasteiger partial charge on any atom is 0.161 e. The fourth-order valence-corrected chi connectivity index (χ4v) is 2.37. The van der Waals surface area contributed by atoms with Gasteiger partial charge >= 0.3 is 0 Å². The number of rotatable bonds is 8. The molecule has 1 atom stereocenters. The summed E-state index contributed by atoms with van der Waals surface area (Å²) in [6.45, 7) is 4.64. The number of carbonyl (C=O) groups is 1. The molecular weight excluding hydrogens is 220 g/mol. The molecule has 0 bridgehead atoms. The van der Waals surface area contributed by atoms with Crippen LogP contribution in [0.3, 0.4) is 0 Å². The van der Waals surface area contributed by atoms with Crippen LogP contribution in [0, 0.1) is 0 Å². The molecule has 90 valence electrons. The number of hydrogen-bond acceptors (Lipinski definition) is 3. The first kappa shape index (κ1) is 13.4. The summed E-state index contributed by atoms with van der Waals surface area (Å²) < 4.78 is 5.47. The highest BCUT2D eigenvalue weighted by atomic mass is 32.1. The lowest BCUT2D eigenvalue weighted by Gasteiger charge is -2.14. The fraction of sp³-hybridized carbons (Fsp3) is 0.615. The first-order valence-corrected chi connectivity index (χ1v) is 6.82. The Morgan fingerprint density at radius 1 is 1.50 bits per heavy atom. The van der Waals surface area contributed by atoms with Crippen LogP contribution in [-0.2, 0) is 16.0 Å². The minimum Gasteiger partial charge on any atom is -0.371 e. The Bertz CT molecular complexity index is 287. The standard InChI is InChI=1S/C13H20O2S/c1-3-6-13(15-4-2)12(14)9-8-11-7-5-10-16-11/h5,7,10,13H,3-4,6,8-9H2,1-2H3. The minimum atomic E-state index is -0.185. The topological polar surface area (TPSA) is 26.3 Å². The number of ether oxygens (including phenoxy) is 1. The predicted molar refractivity (Wildman–Crippen MR) is 68.0 cm³/mol. The number of aryl methyl sites for hydroxylation is 1. The zero-order valence-corrected chi connectivity index (χ0v) is 10.9. The van der Waals surface area contributed by atoms with Gasteiger partial charge in [-0.2, -0.15) is 0 Å². The number of carbonyl (C=O) groups excluding carboxylic acids is 1. The highest BCUT2D eigenvalue weighted by Crippen LogP contribution is 2.13. The maximum absolute atomic E-state index is 11.9. The van der Waals surface area contributed by atoms with Crippen molar-refractivity contribution < 1.29 is 9.53 Å². The molecular formula is C13H20O2S. The van der Waals surface area contributed by atoms with E-state index in [4.69, 9.17) is 4.74 Å². The van der Waals surface area contributed by atoms with Gasteiger partial charge in [0.2, 0.25) is 0 Å². The third kappa shape index (κ3) is 4.45. The molecule has 0 saturated heterocycles. The Kier molecular flexibility index (Phi) is 6.34. The monoisotopic (exact) mass is 240 g/mol. The van der Waals surface area contributed by atoms with E-state index < -0.39 is 0 Å². The largest absolute Gasteiger partial charge is 0.371 e.